The lowest BCUT2D eigenvalue weighted by Gasteiger charge is -2.26. The SMILES string of the molecule is O=C(O)C(F)(F)F.c1ccc2nn(CCN3CCc4[nH]ncc4C3)cc2c1. The van der Waals surface area contributed by atoms with E-state index in [-0.39, 0.29) is 0 Å². The number of nitrogens with zero attached hydrogens (tertiary/aromatic N) is 4. The van der Waals surface area contributed by atoms with Crippen LogP contribution in [0.15, 0.2) is 36.7 Å². The molecule has 0 radical (unpaired) electrons. The van der Waals surface area contributed by atoms with Crippen molar-refractivity contribution in [2.45, 2.75) is 25.7 Å². The number of carboxylic acid groups (broad SMARTS) is 1. The zero-order chi connectivity index (χ0) is 19.4. The number of aromatic amines is 1. The third kappa shape index (κ3) is 4.85. The number of hydrogen-bond donors (Lipinski definition) is 2. The molecule has 3 heterocycles. The first kappa shape index (κ1) is 18.9. The molecule has 0 saturated carbocycles. The lowest BCUT2D eigenvalue weighted by atomic mass is 10.1. The first-order chi connectivity index (χ1) is 12.8. The van der Waals surface area contributed by atoms with Crippen molar-refractivity contribution in [3.8, 4) is 0 Å². The Hall–Kier alpha value is -2.88. The summed E-state index contributed by atoms with van der Waals surface area (Å²) < 4.78 is 33.8. The summed E-state index contributed by atoms with van der Waals surface area (Å²) in [6, 6.07) is 8.26. The zero-order valence-corrected chi connectivity index (χ0v) is 14.3. The fourth-order valence-electron chi connectivity index (χ4n) is 2.85. The average molecular weight is 381 g/mol. The van der Waals surface area contributed by atoms with Gasteiger partial charge in [-0.1, -0.05) is 18.2 Å². The van der Waals surface area contributed by atoms with E-state index in [0.29, 0.717) is 0 Å². The molecule has 0 spiro atoms. The first-order valence-corrected chi connectivity index (χ1v) is 8.29. The van der Waals surface area contributed by atoms with Crippen LogP contribution in [0.1, 0.15) is 11.3 Å². The lowest BCUT2D eigenvalue weighted by Crippen LogP contribution is -2.32. The molecule has 0 amide bonds. The van der Waals surface area contributed by atoms with Crippen LogP contribution in [0, 0.1) is 0 Å². The van der Waals surface area contributed by atoms with Gasteiger partial charge in [-0.25, -0.2) is 4.79 Å². The number of aliphatic carboxylic acids is 1. The molecule has 2 N–H and O–H groups in total. The highest BCUT2D eigenvalue weighted by Gasteiger charge is 2.38. The van der Waals surface area contributed by atoms with Gasteiger partial charge in [0.15, 0.2) is 0 Å². The van der Waals surface area contributed by atoms with Crippen molar-refractivity contribution >= 4 is 16.9 Å². The number of halogens is 3. The smallest absolute Gasteiger partial charge is 0.475 e. The minimum absolute atomic E-state index is 0.932. The number of hydrogen-bond acceptors (Lipinski definition) is 4. The van der Waals surface area contributed by atoms with Gasteiger partial charge < -0.3 is 5.11 Å². The van der Waals surface area contributed by atoms with Crippen molar-refractivity contribution in [2.75, 3.05) is 13.1 Å². The van der Waals surface area contributed by atoms with Crippen LogP contribution in [0.3, 0.4) is 0 Å². The van der Waals surface area contributed by atoms with Crippen LogP contribution in [-0.4, -0.2) is 55.2 Å². The van der Waals surface area contributed by atoms with Crippen molar-refractivity contribution in [3.05, 3.63) is 47.9 Å². The van der Waals surface area contributed by atoms with Crippen LogP contribution in [-0.2, 0) is 24.3 Å². The molecule has 1 aliphatic heterocycles. The van der Waals surface area contributed by atoms with Gasteiger partial charge in [0.25, 0.3) is 0 Å². The number of benzene rings is 1. The van der Waals surface area contributed by atoms with Gasteiger partial charge in [-0.05, 0) is 6.07 Å². The number of rotatable bonds is 3. The van der Waals surface area contributed by atoms with Crippen LogP contribution in [0.25, 0.3) is 10.9 Å². The molecule has 0 unspecified atom stereocenters. The van der Waals surface area contributed by atoms with Crippen LogP contribution in [0.5, 0.6) is 0 Å². The van der Waals surface area contributed by atoms with Gasteiger partial charge >= 0.3 is 12.1 Å². The Balaban J connectivity index is 0.000000260. The molecule has 0 atom stereocenters. The van der Waals surface area contributed by atoms with Crippen LogP contribution >= 0.6 is 0 Å². The minimum atomic E-state index is -5.08. The fourth-order valence-corrected chi connectivity index (χ4v) is 2.85. The number of nitrogens with one attached hydrogen (secondary N) is 1. The van der Waals surface area contributed by atoms with Crippen LogP contribution in [0.4, 0.5) is 13.2 Å². The minimum Gasteiger partial charge on any atom is -0.475 e. The quantitative estimate of drug-likeness (QED) is 0.728. The Bertz CT molecular complexity index is 886. The van der Waals surface area contributed by atoms with Crippen molar-refractivity contribution < 1.29 is 23.1 Å². The number of aromatic nitrogens is 4. The highest BCUT2D eigenvalue weighted by molar-refractivity contribution is 5.77. The van der Waals surface area contributed by atoms with E-state index < -0.39 is 12.1 Å². The standard InChI is InChI=1S/C15H17N5.C2HF3O2/c1-2-4-15-12(3-1)11-20(18-15)8-7-19-6-5-14-13(10-19)9-16-17-14;3-2(4,5)1(6)7/h1-4,9,11H,5-8,10H2,(H,16,17);(H,6,7). The normalized spacial score (nSPS) is 14.5. The largest absolute Gasteiger partial charge is 0.490 e. The average Bonchev–Trinajstić information content (AvgIpc) is 3.25. The maximum Gasteiger partial charge on any atom is 0.490 e. The highest BCUT2D eigenvalue weighted by atomic mass is 19.4. The molecule has 3 aromatic rings. The summed E-state index contributed by atoms with van der Waals surface area (Å²) >= 11 is 0. The molecular weight excluding hydrogens is 363 g/mol. The maximum absolute atomic E-state index is 10.6. The Morgan fingerprint density at radius 3 is 2.70 bits per heavy atom. The van der Waals surface area contributed by atoms with Gasteiger partial charge in [0.1, 0.15) is 0 Å². The maximum atomic E-state index is 10.6. The molecule has 1 aliphatic rings. The van der Waals surface area contributed by atoms with Crippen molar-refractivity contribution in [1.29, 1.82) is 0 Å². The molecule has 0 fully saturated rings. The second kappa shape index (κ2) is 7.78. The predicted molar refractivity (Wildman–Crippen MR) is 91.0 cm³/mol. The zero-order valence-electron chi connectivity index (χ0n) is 14.3. The van der Waals surface area contributed by atoms with Gasteiger partial charge in [-0.2, -0.15) is 23.4 Å². The van der Waals surface area contributed by atoms with Gasteiger partial charge in [-0.3, -0.25) is 14.7 Å². The van der Waals surface area contributed by atoms with Crippen molar-refractivity contribution in [3.63, 3.8) is 0 Å². The molecule has 0 bridgehead atoms. The summed E-state index contributed by atoms with van der Waals surface area (Å²) in [5.74, 6) is -2.76. The van der Waals surface area contributed by atoms with E-state index in [1.165, 1.54) is 16.6 Å². The van der Waals surface area contributed by atoms with E-state index in [0.717, 1.165) is 38.1 Å². The van der Waals surface area contributed by atoms with Crippen LogP contribution in [0.2, 0.25) is 0 Å². The topological polar surface area (TPSA) is 87.0 Å². The summed E-state index contributed by atoms with van der Waals surface area (Å²) in [5.41, 5.74) is 3.70. The Labute approximate surface area is 152 Å². The van der Waals surface area contributed by atoms with E-state index in [1.54, 1.807) is 0 Å². The van der Waals surface area contributed by atoms with E-state index in [9.17, 15) is 13.2 Å². The van der Waals surface area contributed by atoms with Gasteiger partial charge in [-0.15, -0.1) is 0 Å². The third-order valence-corrected chi connectivity index (χ3v) is 4.23. The molecule has 2 aromatic heterocycles. The number of alkyl halides is 3. The highest BCUT2D eigenvalue weighted by Crippen LogP contribution is 2.16. The lowest BCUT2D eigenvalue weighted by molar-refractivity contribution is -0.192. The summed E-state index contributed by atoms with van der Waals surface area (Å²) in [4.78, 5) is 11.4. The van der Waals surface area contributed by atoms with Gasteiger partial charge in [0, 0.05) is 48.9 Å². The summed E-state index contributed by atoms with van der Waals surface area (Å²) in [6.45, 7) is 4.04. The third-order valence-electron chi connectivity index (χ3n) is 4.23. The van der Waals surface area contributed by atoms with Gasteiger partial charge in [0.2, 0.25) is 0 Å². The van der Waals surface area contributed by atoms with E-state index in [4.69, 9.17) is 9.90 Å². The van der Waals surface area contributed by atoms with E-state index in [2.05, 4.69) is 49.3 Å². The van der Waals surface area contributed by atoms with E-state index in [1.807, 2.05) is 12.3 Å². The molecule has 7 nitrogen and oxygen atoms in total. The Morgan fingerprint density at radius 1 is 1.26 bits per heavy atom. The molecule has 0 saturated heterocycles. The monoisotopic (exact) mass is 381 g/mol. The first-order valence-electron chi connectivity index (χ1n) is 8.29. The molecule has 27 heavy (non-hydrogen) atoms. The fraction of sp³-hybridized carbons (Fsp3) is 0.353. The molecule has 144 valence electrons. The second-order valence-corrected chi connectivity index (χ2v) is 6.15. The van der Waals surface area contributed by atoms with Gasteiger partial charge in [0.05, 0.1) is 18.3 Å². The summed E-state index contributed by atoms with van der Waals surface area (Å²) in [5, 5.41) is 20.1. The summed E-state index contributed by atoms with van der Waals surface area (Å²) in [7, 11) is 0. The molecular formula is C17H18F3N5O2. The summed E-state index contributed by atoms with van der Waals surface area (Å²) in [6.07, 6.45) is 0.0582. The number of carbonyl (C=O) groups is 1. The van der Waals surface area contributed by atoms with E-state index >= 15 is 0 Å². The molecule has 10 heteroatoms. The predicted octanol–water partition coefficient (Wildman–Crippen LogP) is 2.45. The van der Waals surface area contributed by atoms with Crippen molar-refractivity contribution in [2.24, 2.45) is 0 Å². The number of carboxylic acids is 1. The van der Waals surface area contributed by atoms with Crippen molar-refractivity contribution in [1.82, 2.24) is 24.9 Å². The van der Waals surface area contributed by atoms with Crippen LogP contribution < -0.4 is 0 Å². The Morgan fingerprint density at radius 2 is 2.00 bits per heavy atom. The molecule has 4 rings (SSSR count). The number of fused-ring (bicyclic) bond motifs is 2. The molecule has 0 aliphatic carbocycles. The molecule has 1 aromatic carbocycles. The number of H-pyrrole nitrogens is 1. The Kier molecular flexibility index (Phi) is 5.45. The second-order valence-electron chi connectivity index (χ2n) is 6.15.